The van der Waals surface area contributed by atoms with Gasteiger partial charge in [-0.1, -0.05) is 17.7 Å². The third kappa shape index (κ3) is 3.45. The molecule has 1 unspecified atom stereocenters. The molecule has 0 spiro atoms. The van der Waals surface area contributed by atoms with Crippen molar-refractivity contribution in [3.05, 3.63) is 28.8 Å². The van der Waals surface area contributed by atoms with E-state index < -0.39 is 17.9 Å². The van der Waals surface area contributed by atoms with Crippen LogP contribution in [0.2, 0.25) is 5.02 Å². The number of esters is 1. The zero-order chi connectivity index (χ0) is 13.7. The van der Waals surface area contributed by atoms with Crippen molar-refractivity contribution in [1.82, 2.24) is 0 Å². The lowest BCUT2D eigenvalue weighted by Gasteiger charge is -2.13. The van der Waals surface area contributed by atoms with Gasteiger partial charge in [-0.15, -0.1) is 0 Å². The minimum Gasteiger partial charge on any atom is -0.464 e. The van der Waals surface area contributed by atoms with Crippen molar-refractivity contribution >= 4 is 29.2 Å². The van der Waals surface area contributed by atoms with Crippen LogP contribution < -0.4 is 11.1 Å². The van der Waals surface area contributed by atoms with Crippen LogP contribution in [0, 0.1) is 6.92 Å². The van der Waals surface area contributed by atoms with Crippen LogP contribution in [0.25, 0.3) is 0 Å². The SMILES string of the molecule is CCOC(=O)C(N)C(=O)Nc1cccc(Cl)c1C. The average molecular weight is 271 g/mol. The molecule has 1 rings (SSSR count). The first-order chi connectivity index (χ1) is 8.47. The Kier molecular flexibility index (Phi) is 5.12. The Labute approximate surface area is 110 Å². The summed E-state index contributed by atoms with van der Waals surface area (Å²) in [5, 5.41) is 3.07. The summed E-state index contributed by atoms with van der Waals surface area (Å²) in [6.45, 7) is 3.58. The molecule has 0 heterocycles. The van der Waals surface area contributed by atoms with Gasteiger partial charge >= 0.3 is 5.97 Å². The predicted molar refractivity (Wildman–Crippen MR) is 69.4 cm³/mol. The van der Waals surface area contributed by atoms with E-state index in [0.29, 0.717) is 16.3 Å². The molecule has 0 aromatic heterocycles. The second kappa shape index (κ2) is 6.37. The molecule has 0 bridgehead atoms. The van der Waals surface area contributed by atoms with Gasteiger partial charge in [0, 0.05) is 10.7 Å². The van der Waals surface area contributed by atoms with E-state index in [0.717, 1.165) is 0 Å². The molecule has 18 heavy (non-hydrogen) atoms. The lowest BCUT2D eigenvalue weighted by Crippen LogP contribution is -2.43. The normalized spacial score (nSPS) is 11.8. The molecule has 0 aliphatic carbocycles. The number of hydrogen-bond acceptors (Lipinski definition) is 4. The van der Waals surface area contributed by atoms with E-state index in [-0.39, 0.29) is 6.61 Å². The van der Waals surface area contributed by atoms with E-state index in [4.69, 9.17) is 17.3 Å². The van der Waals surface area contributed by atoms with Crippen molar-refractivity contribution < 1.29 is 14.3 Å². The molecule has 1 aromatic carbocycles. The van der Waals surface area contributed by atoms with E-state index in [9.17, 15) is 9.59 Å². The van der Waals surface area contributed by atoms with Crippen LogP contribution in [0.1, 0.15) is 12.5 Å². The minimum absolute atomic E-state index is 0.177. The fraction of sp³-hybridized carbons (Fsp3) is 0.333. The summed E-state index contributed by atoms with van der Waals surface area (Å²) in [6, 6.07) is 3.73. The Balaban J connectivity index is 2.75. The van der Waals surface area contributed by atoms with Crippen molar-refractivity contribution in [2.24, 2.45) is 5.73 Å². The lowest BCUT2D eigenvalue weighted by atomic mass is 10.2. The number of ether oxygens (including phenoxy) is 1. The van der Waals surface area contributed by atoms with Crippen molar-refractivity contribution in [3.8, 4) is 0 Å². The number of nitrogens with two attached hydrogens (primary N) is 1. The highest BCUT2D eigenvalue weighted by Gasteiger charge is 2.23. The van der Waals surface area contributed by atoms with Crippen molar-refractivity contribution in [3.63, 3.8) is 0 Å². The van der Waals surface area contributed by atoms with Gasteiger partial charge in [-0.3, -0.25) is 4.79 Å². The van der Waals surface area contributed by atoms with E-state index in [1.54, 1.807) is 32.0 Å². The van der Waals surface area contributed by atoms with Crippen LogP contribution >= 0.6 is 11.6 Å². The smallest absolute Gasteiger partial charge is 0.332 e. The maximum Gasteiger partial charge on any atom is 0.332 e. The van der Waals surface area contributed by atoms with Gasteiger partial charge in [0.05, 0.1) is 6.61 Å². The molecule has 1 atom stereocenters. The number of halogens is 1. The summed E-state index contributed by atoms with van der Waals surface area (Å²) >= 11 is 5.91. The average Bonchev–Trinajstić information content (AvgIpc) is 2.34. The number of anilines is 1. The molecule has 5 nitrogen and oxygen atoms in total. The van der Waals surface area contributed by atoms with Gasteiger partial charge in [0.1, 0.15) is 0 Å². The third-order valence-corrected chi connectivity index (χ3v) is 2.76. The van der Waals surface area contributed by atoms with E-state index in [1.807, 2.05) is 0 Å². The highest BCUT2D eigenvalue weighted by atomic mass is 35.5. The van der Waals surface area contributed by atoms with E-state index in [1.165, 1.54) is 0 Å². The summed E-state index contributed by atoms with van der Waals surface area (Å²) in [7, 11) is 0. The van der Waals surface area contributed by atoms with Crippen LogP contribution in [0.15, 0.2) is 18.2 Å². The van der Waals surface area contributed by atoms with Crippen LogP contribution in [-0.2, 0) is 14.3 Å². The summed E-state index contributed by atoms with van der Waals surface area (Å²) in [6.07, 6.45) is 0. The van der Waals surface area contributed by atoms with Gasteiger partial charge in [0.25, 0.3) is 5.91 Å². The first-order valence-electron chi connectivity index (χ1n) is 5.45. The van der Waals surface area contributed by atoms with Crippen molar-refractivity contribution in [2.45, 2.75) is 19.9 Å². The molecule has 6 heteroatoms. The third-order valence-electron chi connectivity index (χ3n) is 2.35. The highest BCUT2D eigenvalue weighted by Crippen LogP contribution is 2.22. The van der Waals surface area contributed by atoms with Crippen LogP contribution in [0.3, 0.4) is 0 Å². The first-order valence-corrected chi connectivity index (χ1v) is 5.83. The molecule has 1 aromatic rings. The molecule has 0 aliphatic heterocycles. The number of nitrogens with one attached hydrogen (secondary N) is 1. The topological polar surface area (TPSA) is 81.4 Å². The zero-order valence-electron chi connectivity index (χ0n) is 10.2. The molecule has 0 radical (unpaired) electrons. The second-order valence-corrected chi connectivity index (χ2v) is 4.04. The summed E-state index contributed by atoms with van der Waals surface area (Å²) in [5.74, 6) is -1.38. The molecular formula is C12H15ClN2O3. The molecule has 1 amide bonds. The Hall–Kier alpha value is -1.59. The standard InChI is InChI=1S/C12H15ClN2O3/c1-3-18-12(17)10(14)11(16)15-9-6-4-5-8(13)7(9)2/h4-6,10H,3,14H2,1-2H3,(H,15,16). The Morgan fingerprint density at radius 3 is 2.78 bits per heavy atom. The Bertz CT molecular complexity index is 463. The minimum atomic E-state index is -1.34. The van der Waals surface area contributed by atoms with Gasteiger partial charge in [-0.2, -0.15) is 0 Å². The lowest BCUT2D eigenvalue weighted by molar-refractivity contribution is -0.146. The van der Waals surface area contributed by atoms with Crippen LogP contribution in [0.5, 0.6) is 0 Å². The Morgan fingerprint density at radius 2 is 2.17 bits per heavy atom. The molecule has 0 aliphatic rings. The highest BCUT2D eigenvalue weighted by molar-refractivity contribution is 6.31. The van der Waals surface area contributed by atoms with Crippen molar-refractivity contribution in [1.29, 1.82) is 0 Å². The number of hydrogen-bond donors (Lipinski definition) is 2. The maximum atomic E-state index is 11.7. The van der Waals surface area contributed by atoms with Gasteiger partial charge in [0.15, 0.2) is 6.04 Å². The number of rotatable bonds is 4. The van der Waals surface area contributed by atoms with Gasteiger partial charge < -0.3 is 15.8 Å². The molecular weight excluding hydrogens is 256 g/mol. The van der Waals surface area contributed by atoms with E-state index >= 15 is 0 Å². The number of carbonyl (C=O) groups excluding carboxylic acids is 2. The first kappa shape index (κ1) is 14.5. The monoisotopic (exact) mass is 270 g/mol. The number of amides is 1. The molecule has 0 fully saturated rings. The largest absolute Gasteiger partial charge is 0.464 e. The Morgan fingerprint density at radius 1 is 1.50 bits per heavy atom. The van der Waals surface area contributed by atoms with Gasteiger partial charge in [0.2, 0.25) is 0 Å². The summed E-state index contributed by atoms with van der Waals surface area (Å²) < 4.78 is 4.67. The molecule has 3 N–H and O–H groups in total. The second-order valence-electron chi connectivity index (χ2n) is 3.63. The van der Waals surface area contributed by atoms with E-state index in [2.05, 4.69) is 10.1 Å². The summed E-state index contributed by atoms with van der Waals surface area (Å²) in [5.41, 5.74) is 6.70. The quantitative estimate of drug-likeness (QED) is 0.641. The fourth-order valence-corrected chi connectivity index (χ4v) is 1.47. The number of carbonyl (C=O) groups is 2. The maximum absolute atomic E-state index is 11.7. The summed E-state index contributed by atoms with van der Waals surface area (Å²) in [4.78, 5) is 23.0. The fourth-order valence-electron chi connectivity index (χ4n) is 1.29. The molecule has 98 valence electrons. The van der Waals surface area contributed by atoms with Crippen molar-refractivity contribution in [2.75, 3.05) is 11.9 Å². The zero-order valence-corrected chi connectivity index (χ0v) is 11.0. The van der Waals surface area contributed by atoms with Crippen LogP contribution in [0.4, 0.5) is 5.69 Å². The number of benzene rings is 1. The molecule has 0 saturated heterocycles. The van der Waals surface area contributed by atoms with Gasteiger partial charge in [-0.25, -0.2) is 4.79 Å². The molecule has 0 saturated carbocycles. The van der Waals surface area contributed by atoms with Crippen LogP contribution in [-0.4, -0.2) is 24.5 Å². The van der Waals surface area contributed by atoms with Gasteiger partial charge in [-0.05, 0) is 31.5 Å². The predicted octanol–water partition coefficient (Wildman–Crippen LogP) is 1.48.